The summed E-state index contributed by atoms with van der Waals surface area (Å²) < 4.78 is 14.4. The highest BCUT2D eigenvalue weighted by molar-refractivity contribution is 6.21. The molecule has 0 aliphatic carbocycles. The number of para-hydroxylation sites is 5. The summed E-state index contributed by atoms with van der Waals surface area (Å²) in [5.41, 5.74) is 14.5. The Labute approximate surface area is 401 Å². The molecule has 15 rings (SSSR count). The lowest BCUT2D eigenvalue weighted by Crippen LogP contribution is -2.33. The maximum absolute atomic E-state index is 7.13. The number of aliphatic imine (C=N–C) groups is 2. The highest BCUT2D eigenvalue weighted by Crippen LogP contribution is 2.45. The zero-order valence-electron chi connectivity index (χ0n) is 37.7. The summed E-state index contributed by atoms with van der Waals surface area (Å²) in [6, 6.07) is 82.0. The van der Waals surface area contributed by atoms with E-state index in [1.807, 2.05) is 42.5 Å². The third-order valence-corrected chi connectivity index (χ3v) is 14.3. The fraction of sp³-hybridized carbons (Fsp3) is 0.0159. The second-order valence-electron chi connectivity index (χ2n) is 18.1. The van der Waals surface area contributed by atoms with Crippen molar-refractivity contribution in [2.45, 2.75) is 6.17 Å². The van der Waals surface area contributed by atoms with E-state index in [-0.39, 0.29) is 0 Å². The van der Waals surface area contributed by atoms with Crippen LogP contribution in [-0.4, -0.2) is 25.4 Å². The van der Waals surface area contributed by atoms with E-state index in [4.69, 9.17) is 14.4 Å². The summed E-state index contributed by atoms with van der Waals surface area (Å²) >= 11 is 0. The van der Waals surface area contributed by atoms with Crippen LogP contribution in [0.4, 0.5) is 0 Å². The molecule has 4 aromatic heterocycles. The van der Waals surface area contributed by atoms with Gasteiger partial charge in [-0.15, -0.1) is 0 Å². The van der Waals surface area contributed by atoms with Gasteiger partial charge >= 0.3 is 0 Å². The molecule has 0 fully saturated rings. The number of hydrogen-bond acceptors (Lipinski definition) is 4. The van der Waals surface area contributed by atoms with Crippen molar-refractivity contribution in [2.75, 3.05) is 0 Å². The molecule has 7 heteroatoms. The maximum atomic E-state index is 7.13. The summed E-state index contributed by atoms with van der Waals surface area (Å²) in [5.74, 6) is 1.44. The van der Waals surface area contributed by atoms with E-state index in [0.717, 1.165) is 94.4 Å². The summed E-state index contributed by atoms with van der Waals surface area (Å²) in [5, 5.41) is 13.0. The number of furan rings is 1. The molecule has 14 aromatic rings. The smallest absolute Gasteiger partial charge is 0.159 e. The van der Waals surface area contributed by atoms with Crippen LogP contribution in [0.5, 0.6) is 0 Å². The minimum atomic E-state index is -0.464. The molecule has 0 amide bonds. The number of benzene rings is 10. The Bertz CT molecular complexity index is 4440. The molecule has 70 heavy (non-hydrogen) atoms. The first-order chi connectivity index (χ1) is 34.7. The van der Waals surface area contributed by atoms with Crippen LogP contribution >= 0.6 is 0 Å². The van der Waals surface area contributed by atoms with Gasteiger partial charge in [0.25, 0.3) is 0 Å². The number of nitrogens with one attached hydrogen (secondary N) is 1. The van der Waals surface area contributed by atoms with Crippen molar-refractivity contribution in [2.24, 2.45) is 9.98 Å². The Balaban J connectivity index is 1.03. The number of fused-ring (bicyclic) bond motifs is 12. The predicted octanol–water partition coefficient (Wildman–Crippen LogP) is 15.4. The molecule has 7 nitrogen and oxygen atoms in total. The minimum absolute atomic E-state index is 0.464. The van der Waals surface area contributed by atoms with Crippen LogP contribution in [0.2, 0.25) is 0 Å². The molecule has 0 saturated heterocycles. The summed E-state index contributed by atoms with van der Waals surface area (Å²) in [4.78, 5) is 10.5. The Hall–Kier alpha value is -9.46. The van der Waals surface area contributed by atoms with Crippen LogP contribution in [0, 0.1) is 0 Å². The van der Waals surface area contributed by atoms with Crippen LogP contribution in [0.3, 0.4) is 0 Å². The van der Waals surface area contributed by atoms with E-state index in [1.54, 1.807) is 0 Å². The van der Waals surface area contributed by atoms with Crippen molar-refractivity contribution in [1.82, 2.24) is 19.0 Å². The van der Waals surface area contributed by atoms with Crippen LogP contribution in [-0.2, 0) is 0 Å². The Kier molecular flexibility index (Phi) is 8.29. The van der Waals surface area contributed by atoms with Crippen molar-refractivity contribution in [3.8, 4) is 17.1 Å². The monoisotopic (exact) mass is 896 g/mol. The lowest BCUT2D eigenvalue weighted by molar-refractivity contribution is 0.660. The highest BCUT2D eigenvalue weighted by atomic mass is 16.3. The molecule has 0 saturated carbocycles. The van der Waals surface area contributed by atoms with Gasteiger partial charge in [0.1, 0.15) is 17.6 Å². The molecule has 1 N–H and O–H groups in total. The largest absolute Gasteiger partial charge is 0.454 e. The van der Waals surface area contributed by atoms with Gasteiger partial charge in [0, 0.05) is 71.2 Å². The predicted molar refractivity (Wildman–Crippen MR) is 289 cm³/mol. The van der Waals surface area contributed by atoms with Gasteiger partial charge in [-0.3, -0.25) is 0 Å². The van der Waals surface area contributed by atoms with Gasteiger partial charge < -0.3 is 23.4 Å². The molecular formula is C63H40N6O. The van der Waals surface area contributed by atoms with Crippen LogP contribution in [0.15, 0.2) is 245 Å². The first-order valence-electron chi connectivity index (χ1n) is 23.8. The van der Waals surface area contributed by atoms with Gasteiger partial charge in [-0.05, 0) is 72.8 Å². The minimum Gasteiger partial charge on any atom is -0.454 e. The summed E-state index contributed by atoms with van der Waals surface area (Å²) in [6.07, 6.45) is -0.464. The fourth-order valence-electron chi connectivity index (χ4n) is 11.2. The third-order valence-electron chi connectivity index (χ3n) is 14.3. The lowest BCUT2D eigenvalue weighted by Gasteiger charge is -2.24. The second kappa shape index (κ2) is 15.0. The molecule has 1 unspecified atom stereocenters. The van der Waals surface area contributed by atoms with Gasteiger partial charge in [0.2, 0.25) is 0 Å². The zero-order chi connectivity index (χ0) is 45.9. The second-order valence-corrected chi connectivity index (χ2v) is 18.1. The Morgan fingerprint density at radius 3 is 1.61 bits per heavy atom. The topological polar surface area (TPSA) is 64.7 Å². The quantitative estimate of drug-likeness (QED) is 0.181. The van der Waals surface area contributed by atoms with E-state index >= 15 is 0 Å². The molecular weight excluding hydrogens is 857 g/mol. The van der Waals surface area contributed by atoms with Gasteiger partial charge in [-0.25, -0.2) is 9.98 Å². The average molecular weight is 897 g/mol. The Morgan fingerprint density at radius 2 is 0.914 bits per heavy atom. The number of hydrogen-bond donors (Lipinski definition) is 1. The number of rotatable bonds is 6. The Morgan fingerprint density at radius 1 is 0.386 bits per heavy atom. The van der Waals surface area contributed by atoms with Crippen molar-refractivity contribution >= 4 is 99.0 Å². The van der Waals surface area contributed by atoms with E-state index in [9.17, 15) is 0 Å². The van der Waals surface area contributed by atoms with Crippen molar-refractivity contribution < 1.29 is 4.42 Å². The molecule has 328 valence electrons. The van der Waals surface area contributed by atoms with Crippen LogP contribution in [0.1, 0.15) is 22.9 Å². The SMILES string of the molecule is c1ccc(C2=NC(c3ccc(-n4c5ccc(-n6c7ccccc7c7ccccc76)cc5c5cc6c7ccccc7n(-c7ccccc7)c6cc54)c4oc5ccccc5c34)NC(c3ccccc3)=N2)cc1. The molecule has 10 aromatic carbocycles. The molecule has 0 bridgehead atoms. The number of amidine groups is 2. The molecule has 1 aliphatic rings. The molecule has 1 aliphatic heterocycles. The number of aromatic nitrogens is 3. The average Bonchev–Trinajstić information content (AvgIpc) is 4.17. The van der Waals surface area contributed by atoms with Gasteiger partial charge in [-0.2, -0.15) is 0 Å². The van der Waals surface area contributed by atoms with E-state index in [0.29, 0.717) is 5.84 Å². The molecule has 5 heterocycles. The lowest BCUT2D eigenvalue weighted by atomic mass is 10.0. The van der Waals surface area contributed by atoms with Gasteiger partial charge in [0.05, 0.1) is 38.8 Å². The van der Waals surface area contributed by atoms with E-state index in [2.05, 4.69) is 207 Å². The summed E-state index contributed by atoms with van der Waals surface area (Å²) in [6.45, 7) is 0. The van der Waals surface area contributed by atoms with Crippen molar-refractivity contribution in [3.05, 3.63) is 247 Å². The maximum Gasteiger partial charge on any atom is 0.159 e. The number of nitrogens with zero attached hydrogens (tertiary/aromatic N) is 5. The normalized spacial score (nSPS) is 14.1. The standard InChI is InChI=1S/C63H40N6O/c1-4-18-39(19-5-1)61-64-62(40-20-6-2-7-21-40)66-63(65-61)47-33-35-55(60-59(47)46-27-13-17-31-58(46)70-60)69-54-34-32-42(68-51-28-14-10-24-43(51)44-25-11-15-29-52(44)68)36-48(54)50-37-49-45-26-12-16-30-53(45)67(56(49)38-57(50)69)41-22-8-3-9-23-41/h1-38,63H,(H,64,65,66). The summed E-state index contributed by atoms with van der Waals surface area (Å²) in [7, 11) is 0. The third kappa shape index (κ3) is 5.69. The molecule has 0 spiro atoms. The van der Waals surface area contributed by atoms with Gasteiger partial charge in [-0.1, -0.05) is 158 Å². The molecule has 1 atom stereocenters. The van der Waals surface area contributed by atoms with Crippen molar-refractivity contribution in [1.29, 1.82) is 0 Å². The highest BCUT2D eigenvalue weighted by Gasteiger charge is 2.28. The first kappa shape index (κ1) is 38.6. The van der Waals surface area contributed by atoms with Crippen LogP contribution in [0.25, 0.3) is 104 Å². The zero-order valence-corrected chi connectivity index (χ0v) is 37.7. The van der Waals surface area contributed by atoms with Crippen molar-refractivity contribution in [3.63, 3.8) is 0 Å². The fourth-order valence-corrected chi connectivity index (χ4v) is 11.2. The first-order valence-corrected chi connectivity index (χ1v) is 23.8. The van der Waals surface area contributed by atoms with Crippen LogP contribution < -0.4 is 5.32 Å². The van der Waals surface area contributed by atoms with E-state index < -0.39 is 6.17 Å². The van der Waals surface area contributed by atoms with Gasteiger partial charge in [0.15, 0.2) is 11.4 Å². The van der Waals surface area contributed by atoms with E-state index in [1.165, 1.54) is 32.6 Å². The molecule has 0 radical (unpaired) electrons.